The summed E-state index contributed by atoms with van der Waals surface area (Å²) in [7, 11) is 0. The summed E-state index contributed by atoms with van der Waals surface area (Å²) in [6.07, 6.45) is 3.68. The van der Waals surface area contributed by atoms with Crippen LogP contribution in [0.4, 0.5) is 0 Å². The number of nitrogens with one attached hydrogen (secondary N) is 1. The van der Waals surface area contributed by atoms with Gasteiger partial charge in [0.2, 0.25) is 0 Å². The van der Waals surface area contributed by atoms with Crippen molar-refractivity contribution in [3.05, 3.63) is 48.0 Å². The third-order valence-electron chi connectivity index (χ3n) is 3.12. The van der Waals surface area contributed by atoms with Crippen LogP contribution >= 0.6 is 0 Å². The number of hydrogen-bond donors (Lipinski definition) is 2. The van der Waals surface area contributed by atoms with Gasteiger partial charge in [0.1, 0.15) is 0 Å². The molecule has 3 nitrogen and oxygen atoms in total. The second-order valence-electron chi connectivity index (χ2n) is 5.61. The van der Waals surface area contributed by atoms with Crippen LogP contribution in [0.5, 0.6) is 0 Å². The highest BCUT2D eigenvalue weighted by molar-refractivity contribution is 5.67. The minimum Gasteiger partial charge on any atom is -0.481 e. The van der Waals surface area contributed by atoms with Crippen LogP contribution in [0.1, 0.15) is 31.4 Å². The highest BCUT2D eigenvalue weighted by Crippen LogP contribution is 2.12. The van der Waals surface area contributed by atoms with Crippen LogP contribution in [0, 0.1) is 5.92 Å². The molecule has 0 radical (unpaired) electrons. The Hall–Kier alpha value is -1.61. The van der Waals surface area contributed by atoms with Gasteiger partial charge in [-0.05, 0) is 29.9 Å². The number of hydrogen-bond acceptors (Lipinski definition) is 2. The molecule has 1 atom stereocenters. The van der Waals surface area contributed by atoms with E-state index in [0.717, 1.165) is 12.8 Å². The highest BCUT2D eigenvalue weighted by atomic mass is 16.4. The van der Waals surface area contributed by atoms with Crippen LogP contribution in [0.2, 0.25) is 0 Å². The fourth-order valence-corrected chi connectivity index (χ4v) is 2.24. The number of carbonyl (C=O) groups is 1. The van der Waals surface area contributed by atoms with Gasteiger partial charge in [0, 0.05) is 12.6 Å². The largest absolute Gasteiger partial charge is 0.481 e. The molecular weight excluding hydrogens is 250 g/mol. The summed E-state index contributed by atoms with van der Waals surface area (Å²) in [5, 5.41) is 12.1. The number of carboxylic acids is 1. The molecular formula is C17H25NO2. The molecule has 3 heteroatoms. The van der Waals surface area contributed by atoms with Crippen molar-refractivity contribution < 1.29 is 9.90 Å². The SMILES string of the molecule is C=CCNC(CC(=O)O)Cc1ccc(CC(C)C)cc1. The molecule has 0 saturated heterocycles. The summed E-state index contributed by atoms with van der Waals surface area (Å²) in [6.45, 7) is 8.69. The van der Waals surface area contributed by atoms with Crippen molar-refractivity contribution >= 4 is 5.97 Å². The predicted molar refractivity (Wildman–Crippen MR) is 82.9 cm³/mol. The van der Waals surface area contributed by atoms with E-state index in [-0.39, 0.29) is 12.5 Å². The molecule has 1 aromatic carbocycles. The quantitative estimate of drug-likeness (QED) is 0.681. The van der Waals surface area contributed by atoms with Crippen molar-refractivity contribution in [1.29, 1.82) is 0 Å². The zero-order valence-corrected chi connectivity index (χ0v) is 12.4. The summed E-state index contributed by atoms with van der Waals surface area (Å²) in [6, 6.07) is 8.42. The van der Waals surface area contributed by atoms with E-state index in [1.807, 2.05) is 0 Å². The van der Waals surface area contributed by atoms with Gasteiger partial charge >= 0.3 is 5.97 Å². The van der Waals surface area contributed by atoms with E-state index in [1.54, 1.807) is 6.08 Å². The Bertz CT molecular complexity index is 423. The summed E-state index contributed by atoms with van der Waals surface area (Å²) in [5.41, 5.74) is 2.50. The maximum Gasteiger partial charge on any atom is 0.304 e. The van der Waals surface area contributed by atoms with E-state index in [2.05, 4.69) is 50.0 Å². The Morgan fingerprint density at radius 2 is 1.80 bits per heavy atom. The molecule has 110 valence electrons. The van der Waals surface area contributed by atoms with Gasteiger partial charge in [-0.3, -0.25) is 4.79 Å². The van der Waals surface area contributed by atoms with Crippen molar-refractivity contribution in [2.24, 2.45) is 5.92 Å². The van der Waals surface area contributed by atoms with Gasteiger partial charge < -0.3 is 10.4 Å². The lowest BCUT2D eigenvalue weighted by molar-refractivity contribution is -0.137. The van der Waals surface area contributed by atoms with E-state index in [4.69, 9.17) is 5.11 Å². The van der Waals surface area contributed by atoms with Gasteiger partial charge in [-0.1, -0.05) is 44.2 Å². The molecule has 0 heterocycles. The maximum absolute atomic E-state index is 10.9. The molecule has 1 unspecified atom stereocenters. The number of rotatable bonds is 9. The van der Waals surface area contributed by atoms with Gasteiger partial charge in [-0.25, -0.2) is 0 Å². The first-order valence-corrected chi connectivity index (χ1v) is 7.15. The average Bonchev–Trinajstić information content (AvgIpc) is 2.37. The molecule has 2 N–H and O–H groups in total. The molecule has 1 rings (SSSR count). The summed E-state index contributed by atoms with van der Waals surface area (Å²) in [5.74, 6) is -0.127. The third kappa shape index (κ3) is 6.53. The second-order valence-corrected chi connectivity index (χ2v) is 5.61. The molecule has 0 aromatic heterocycles. The molecule has 0 bridgehead atoms. The fraction of sp³-hybridized carbons (Fsp3) is 0.471. The van der Waals surface area contributed by atoms with E-state index < -0.39 is 5.97 Å². The van der Waals surface area contributed by atoms with Crippen molar-refractivity contribution in [2.45, 2.75) is 39.2 Å². The minimum atomic E-state index is -0.775. The van der Waals surface area contributed by atoms with Crippen LogP contribution in [-0.4, -0.2) is 23.7 Å². The summed E-state index contributed by atoms with van der Waals surface area (Å²) >= 11 is 0. The summed E-state index contributed by atoms with van der Waals surface area (Å²) in [4.78, 5) is 10.9. The minimum absolute atomic E-state index is 0.0542. The van der Waals surface area contributed by atoms with Crippen LogP contribution in [0.3, 0.4) is 0 Å². The van der Waals surface area contributed by atoms with E-state index in [0.29, 0.717) is 12.5 Å². The van der Waals surface area contributed by atoms with E-state index in [9.17, 15) is 4.79 Å². The molecule has 0 fully saturated rings. The Morgan fingerprint density at radius 3 is 2.25 bits per heavy atom. The molecule has 0 amide bonds. The Kier molecular flexibility index (Phi) is 7.02. The fourth-order valence-electron chi connectivity index (χ4n) is 2.24. The topological polar surface area (TPSA) is 49.3 Å². The van der Waals surface area contributed by atoms with Crippen LogP contribution in [0.25, 0.3) is 0 Å². The molecule has 0 aliphatic heterocycles. The van der Waals surface area contributed by atoms with Gasteiger partial charge in [-0.2, -0.15) is 0 Å². The predicted octanol–water partition coefficient (Wildman–Crippen LogP) is 3.05. The molecule has 0 spiro atoms. The van der Waals surface area contributed by atoms with E-state index in [1.165, 1.54) is 11.1 Å². The zero-order chi connectivity index (χ0) is 15.0. The smallest absolute Gasteiger partial charge is 0.304 e. The van der Waals surface area contributed by atoms with Crippen LogP contribution in [-0.2, 0) is 17.6 Å². The molecule has 20 heavy (non-hydrogen) atoms. The number of aliphatic carboxylic acids is 1. The van der Waals surface area contributed by atoms with E-state index >= 15 is 0 Å². The summed E-state index contributed by atoms with van der Waals surface area (Å²) < 4.78 is 0. The molecule has 0 saturated carbocycles. The van der Waals surface area contributed by atoms with Gasteiger partial charge in [0.15, 0.2) is 0 Å². The monoisotopic (exact) mass is 275 g/mol. The molecule has 1 aromatic rings. The lowest BCUT2D eigenvalue weighted by Gasteiger charge is -2.16. The van der Waals surface area contributed by atoms with Crippen molar-refractivity contribution in [1.82, 2.24) is 5.32 Å². The van der Waals surface area contributed by atoms with Crippen LogP contribution < -0.4 is 5.32 Å². The maximum atomic E-state index is 10.9. The number of carboxylic acid groups (broad SMARTS) is 1. The van der Waals surface area contributed by atoms with Crippen LogP contribution in [0.15, 0.2) is 36.9 Å². The lowest BCUT2D eigenvalue weighted by atomic mass is 9.98. The van der Waals surface area contributed by atoms with Gasteiger partial charge in [-0.15, -0.1) is 6.58 Å². The Labute approximate surface area is 121 Å². The average molecular weight is 275 g/mol. The molecule has 0 aliphatic carbocycles. The lowest BCUT2D eigenvalue weighted by Crippen LogP contribution is -2.33. The van der Waals surface area contributed by atoms with Crippen molar-refractivity contribution in [2.75, 3.05) is 6.54 Å². The van der Waals surface area contributed by atoms with Crippen molar-refractivity contribution in [3.63, 3.8) is 0 Å². The third-order valence-corrected chi connectivity index (χ3v) is 3.12. The standard InChI is InChI=1S/C17H25NO2/c1-4-9-18-16(12-17(19)20)11-15-7-5-14(6-8-15)10-13(2)3/h4-8,13,16,18H,1,9-12H2,2-3H3,(H,19,20). The Morgan fingerprint density at radius 1 is 1.25 bits per heavy atom. The second kappa shape index (κ2) is 8.54. The number of benzene rings is 1. The first kappa shape index (κ1) is 16.4. The first-order chi connectivity index (χ1) is 9.51. The highest BCUT2D eigenvalue weighted by Gasteiger charge is 2.12. The Balaban J connectivity index is 2.62. The van der Waals surface area contributed by atoms with Gasteiger partial charge in [0.05, 0.1) is 6.42 Å². The zero-order valence-electron chi connectivity index (χ0n) is 12.4. The van der Waals surface area contributed by atoms with Gasteiger partial charge in [0.25, 0.3) is 0 Å². The van der Waals surface area contributed by atoms with Crippen molar-refractivity contribution in [3.8, 4) is 0 Å². The normalized spacial score (nSPS) is 12.3. The first-order valence-electron chi connectivity index (χ1n) is 7.15. The molecule has 0 aliphatic rings.